The molecule has 11 heteroatoms. The van der Waals surface area contributed by atoms with Gasteiger partial charge in [-0.3, -0.25) is 19.7 Å². The maximum absolute atomic E-state index is 12.7. The minimum absolute atomic E-state index is 0.0280. The van der Waals surface area contributed by atoms with Crippen molar-refractivity contribution in [3.8, 4) is 28.7 Å². The molecule has 0 aliphatic carbocycles. The first kappa shape index (κ1) is 22.7. The lowest BCUT2D eigenvalue weighted by molar-refractivity contribution is -0.385. The van der Waals surface area contributed by atoms with Gasteiger partial charge in [0, 0.05) is 25.1 Å². The van der Waals surface area contributed by atoms with Crippen LogP contribution in [0, 0.1) is 16.0 Å². The van der Waals surface area contributed by atoms with Gasteiger partial charge < -0.3 is 28.6 Å². The highest BCUT2D eigenvalue weighted by molar-refractivity contribution is 6.00. The molecular formula is C21H22N2O9. The molecular weight excluding hydrogens is 424 g/mol. The van der Waals surface area contributed by atoms with Crippen LogP contribution in [0.5, 0.6) is 28.7 Å². The van der Waals surface area contributed by atoms with Crippen molar-refractivity contribution in [1.82, 2.24) is 0 Å². The monoisotopic (exact) mass is 446 g/mol. The molecule has 0 radical (unpaired) electrons. The molecule has 2 aromatic rings. The van der Waals surface area contributed by atoms with Crippen LogP contribution in [-0.4, -0.2) is 51.8 Å². The van der Waals surface area contributed by atoms with Crippen LogP contribution in [0.4, 0.5) is 11.4 Å². The summed E-state index contributed by atoms with van der Waals surface area (Å²) >= 11 is 0. The lowest BCUT2D eigenvalue weighted by atomic mass is 10.1. The van der Waals surface area contributed by atoms with Crippen LogP contribution in [0.1, 0.15) is 6.42 Å². The molecule has 1 unspecified atom stereocenters. The average molecular weight is 446 g/mol. The van der Waals surface area contributed by atoms with Gasteiger partial charge >= 0.3 is 11.7 Å². The van der Waals surface area contributed by atoms with Crippen LogP contribution in [-0.2, 0) is 9.59 Å². The second-order valence-corrected chi connectivity index (χ2v) is 6.80. The lowest BCUT2D eigenvalue weighted by Crippen LogP contribution is -2.27. The topological polar surface area (TPSA) is 127 Å². The van der Waals surface area contributed by atoms with Crippen LogP contribution in [0.2, 0.25) is 0 Å². The summed E-state index contributed by atoms with van der Waals surface area (Å²) < 4.78 is 26.1. The Morgan fingerprint density at radius 1 is 1.00 bits per heavy atom. The van der Waals surface area contributed by atoms with Gasteiger partial charge in [0.25, 0.3) is 0 Å². The number of nitro benzene ring substituents is 1. The zero-order valence-corrected chi connectivity index (χ0v) is 17.9. The molecule has 32 heavy (non-hydrogen) atoms. The van der Waals surface area contributed by atoms with E-state index >= 15 is 0 Å². The summed E-state index contributed by atoms with van der Waals surface area (Å²) in [4.78, 5) is 37.4. The van der Waals surface area contributed by atoms with Crippen LogP contribution < -0.4 is 28.6 Å². The summed E-state index contributed by atoms with van der Waals surface area (Å²) in [5, 5.41) is 11.3. The molecule has 1 heterocycles. The molecule has 0 spiro atoms. The summed E-state index contributed by atoms with van der Waals surface area (Å²) in [5.74, 6) is -0.770. The Balaban J connectivity index is 1.82. The molecule has 170 valence electrons. The highest BCUT2D eigenvalue weighted by Crippen LogP contribution is 2.42. The Morgan fingerprint density at radius 3 is 2.19 bits per heavy atom. The van der Waals surface area contributed by atoms with Crippen molar-refractivity contribution < 1.29 is 38.2 Å². The number of amides is 1. The third kappa shape index (κ3) is 4.36. The minimum Gasteiger partial charge on any atom is -0.496 e. The summed E-state index contributed by atoms with van der Waals surface area (Å²) in [6, 6.07) is 7.08. The van der Waals surface area contributed by atoms with Gasteiger partial charge in [-0.1, -0.05) is 0 Å². The van der Waals surface area contributed by atoms with Gasteiger partial charge in [-0.2, -0.15) is 0 Å². The Bertz CT molecular complexity index is 1030. The summed E-state index contributed by atoms with van der Waals surface area (Å²) in [7, 11) is 5.74. The Hall–Kier alpha value is -4.02. The summed E-state index contributed by atoms with van der Waals surface area (Å²) in [6.45, 7) is 0.0280. The first-order valence-electron chi connectivity index (χ1n) is 9.47. The number of hydrogen-bond acceptors (Lipinski definition) is 9. The van der Waals surface area contributed by atoms with E-state index in [4.69, 9.17) is 23.7 Å². The second-order valence-electron chi connectivity index (χ2n) is 6.80. The fourth-order valence-corrected chi connectivity index (χ4v) is 3.38. The number of esters is 1. The van der Waals surface area contributed by atoms with Crippen molar-refractivity contribution in [3.05, 3.63) is 40.4 Å². The van der Waals surface area contributed by atoms with E-state index in [0.717, 1.165) is 6.07 Å². The predicted octanol–water partition coefficient (Wildman–Crippen LogP) is 2.59. The smallest absolute Gasteiger partial charge is 0.316 e. The van der Waals surface area contributed by atoms with Gasteiger partial charge in [0.05, 0.1) is 51.0 Å². The van der Waals surface area contributed by atoms with E-state index in [1.54, 1.807) is 12.1 Å². The van der Waals surface area contributed by atoms with E-state index < -0.39 is 22.5 Å². The number of carbonyl (C=O) groups excluding carboxylic acids is 2. The largest absolute Gasteiger partial charge is 0.496 e. The van der Waals surface area contributed by atoms with Gasteiger partial charge in [-0.15, -0.1) is 0 Å². The molecule has 3 rings (SSSR count). The van der Waals surface area contributed by atoms with Crippen molar-refractivity contribution in [3.63, 3.8) is 0 Å². The van der Waals surface area contributed by atoms with Crippen LogP contribution in [0.25, 0.3) is 0 Å². The summed E-state index contributed by atoms with van der Waals surface area (Å²) in [5.41, 5.74) is 0.0405. The van der Waals surface area contributed by atoms with Crippen LogP contribution in [0.15, 0.2) is 30.3 Å². The van der Waals surface area contributed by atoms with E-state index in [-0.39, 0.29) is 30.4 Å². The van der Waals surface area contributed by atoms with E-state index in [0.29, 0.717) is 22.9 Å². The third-order valence-corrected chi connectivity index (χ3v) is 4.99. The van der Waals surface area contributed by atoms with Crippen molar-refractivity contribution in [2.45, 2.75) is 6.42 Å². The molecule has 1 aliphatic rings. The average Bonchev–Trinajstić information content (AvgIpc) is 3.19. The maximum Gasteiger partial charge on any atom is 0.316 e. The van der Waals surface area contributed by atoms with Gasteiger partial charge in [-0.25, -0.2) is 0 Å². The van der Waals surface area contributed by atoms with Gasteiger partial charge in [0.2, 0.25) is 17.4 Å². The quantitative estimate of drug-likeness (QED) is 0.260. The Labute approximate surface area is 183 Å². The lowest BCUT2D eigenvalue weighted by Gasteiger charge is -2.20. The number of anilines is 1. The Morgan fingerprint density at radius 2 is 1.66 bits per heavy atom. The number of methoxy groups -OCH3 is 4. The minimum atomic E-state index is -0.816. The molecule has 1 saturated heterocycles. The predicted molar refractivity (Wildman–Crippen MR) is 112 cm³/mol. The third-order valence-electron chi connectivity index (χ3n) is 4.99. The highest BCUT2D eigenvalue weighted by Gasteiger charge is 2.38. The molecule has 0 bridgehead atoms. The van der Waals surface area contributed by atoms with E-state index in [1.165, 1.54) is 45.5 Å². The zero-order chi connectivity index (χ0) is 23.4. The standard InChI is InChI=1S/C21H22N2O9/c1-28-14-5-6-16(15(10-14)23(26)27)32-21(25)12-7-19(24)22(11-12)13-8-17(29-2)20(31-4)18(9-13)30-3/h5-6,8-10,12H,7,11H2,1-4H3. The molecule has 0 aromatic heterocycles. The number of benzene rings is 2. The van der Waals surface area contributed by atoms with E-state index in [2.05, 4.69) is 0 Å². The number of rotatable bonds is 8. The number of nitrogens with zero attached hydrogens (tertiary/aromatic N) is 2. The van der Waals surface area contributed by atoms with Crippen molar-refractivity contribution >= 4 is 23.3 Å². The number of nitro groups is 1. The van der Waals surface area contributed by atoms with Gasteiger partial charge in [-0.05, 0) is 12.1 Å². The number of carbonyl (C=O) groups is 2. The van der Waals surface area contributed by atoms with Crippen molar-refractivity contribution in [1.29, 1.82) is 0 Å². The SMILES string of the molecule is COc1ccc(OC(=O)C2CC(=O)N(c3cc(OC)c(OC)c(OC)c3)C2)c([N+](=O)[O-])c1. The number of ether oxygens (including phenoxy) is 5. The molecule has 0 N–H and O–H groups in total. The molecule has 1 amide bonds. The highest BCUT2D eigenvalue weighted by atomic mass is 16.6. The van der Waals surface area contributed by atoms with Crippen LogP contribution >= 0.6 is 0 Å². The maximum atomic E-state index is 12.7. The first-order chi connectivity index (χ1) is 15.3. The molecule has 11 nitrogen and oxygen atoms in total. The van der Waals surface area contributed by atoms with Crippen LogP contribution in [0.3, 0.4) is 0 Å². The summed E-state index contributed by atoms with van der Waals surface area (Å²) in [6.07, 6.45) is -0.112. The molecule has 2 aromatic carbocycles. The second kappa shape index (κ2) is 9.41. The molecule has 0 saturated carbocycles. The van der Waals surface area contributed by atoms with Crippen molar-refractivity contribution in [2.24, 2.45) is 5.92 Å². The number of hydrogen-bond donors (Lipinski definition) is 0. The van der Waals surface area contributed by atoms with E-state index in [9.17, 15) is 19.7 Å². The van der Waals surface area contributed by atoms with Gasteiger partial charge in [0.15, 0.2) is 11.5 Å². The van der Waals surface area contributed by atoms with E-state index in [1.807, 2.05) is 0 Å². The molecule has 1 aliphatic heterocycles. The van der Waals surface area contributed by atoms with Gasteiger partial charge in [0.1, 0.15) is 5.75 Å². The normalized spacial score (nSPS) is 15.3. The first-order valence-corrected chi connectivity index (χ1v) is 9.47. The fraction of sp³-hybridized carbons (Fsp3) is 0.333. The molecule has 1 fully saturated rings. The molecule has 1 atom stereocenters. The fourth-order valence-electron chi connectivity index (χ4n) is 3.38. The van der Waals surface area contributed by atoms with Crippen molar-refractivity contribution in [2.75, 3.05) is 39.9 Å². The zero-order valence-electron chi connectivity index (χ0n) is 17.9. The Kier molecular flexibility index (Phi) is 6.67.